The SMILES string of the molecule is Oc1cc(Nc2cccnc2)cc(-c2cnc3ccccc3c2)c1. The Morgan fingerprint density at radius 3 is 2.58 bits per heavy atom. The third-order valence-electron chi connectivity index (χ3n) is 3.79. The van der Waals surface area contributed by atoms with Gasteiger partial charge in [0.25, 0.3) is 0 Å². The van der Waals surface area contributed by atoms with Gasteiger partial charge in [-0.1, -0.05) is 18.2 Å². The number of benzene rings is 2. The van der Waals surface area contributed by atoms with Crippen molar-refractivity contribution in [2.75, 3.05) is 5.32 Å². The predicted molar refractivity (Wildman–Crippen MR) is 96.4 cm³/mol. The number of phenolic OH excluding ortho intramolecular Hbond substituents is 1. The summed E-state index contributed by atoms with van der Waals surface area (Å²) >= 11 is 0. The number of phenols is 1. The van der Waals surface area contributed by atoms with Crippen LogP contribution in [0.3, 0.4) is 0 Å². The van der Waals surface area contributed by atoms with E-state index < -0.39 is 0 Å². The summed E-state index contributed by atoms with van der Waals surface area (Å²) in [6, 6.07) is 19.2. The number of aromatic hydroxyl groups is 1. The molecule has 0 fully saturated rings. The highest BCUT2D eigenvalue weighted by atomic mass is 16.3. The van der Waals surface area contributed by atoms with Crippen LogP contribution in [0.25, 0.3) is 22.0 Å². The minimum Gasteiger partial charge on any atom is -0.508 e. The number of hydrogen-bond acceptors (Lipinski definition) is 4. The highest BCUT2D eigenvalue weighted by molar-refractivity contribution is 5.84. The molecule has 2 aromatic carbocycles. The number of hydrogen-bond donors (Lipinski definition) is 2. The predicted octanol–water partition coefficient (Wildman–Crippen LogP) is 4.75. The van der Waals surface area contributed by atoms with Gasteiger partial charge in [-0.15, -0.1) is 0 Å². The number of aromatic nitrogens is 2. The summed E-state index contributed by atoms with van der Waals surface area (Å²) in [5.41, 5.74) is 4.48. The number of pyridine rings is 2. The van der Waals surface area contributed by atoms with Crippen LogP contribution in [0.15, 0.2) is 79.3 Å². The smallest absolute Gasteiger partial charge is 0.118 e. The topological polar surface area (TPSA) is 58.0 Å². The Labute approximate surface area is 139 Å². The largest absolute Gasteiger partial charge is 0.508 e. The van der Waals surface area contributed by atoms with Gasteiger partial charge in [0.2, 0.25) is 0 Å². The lowest BCUT2D eigenvalue weighted by Crippen LogP contribution is -1.91. The molecule has 0 aliphatic rings. The van der Waals surface area contributed by atoms with Gasteiger partial charge in [-0.05, 0) is 42.0 Å². The number of para-hydroxylation sites is 1. The van der Waals surface area contributed by atoms with Crippen molar-refractivity contribution in [1.82, 2.24) is 9.97 Å². The molecule has 116 valence electrons. The molecule has 4 aromatic rings. The van der Waals surface area contributed by atoms with Gasteiger partial charge in [-0.2, -0.15) is 0 Å². The van der Waals surface area contributed by atoms with Crippen LogP contribution in [-0.4, -0.2) is 15.1 Å². The second-order valence-corrected chi connectivity index (χ2v) is 5.55. The normalized spacial score (nSPS) is 10.7. The maximum atomic E-state index is 10.1. The molecule has 4 rings (SSSR count). The summed E-state index contributed by atoms with van der Waals surface area (Å²) in [6.45, 7) is 0. The van der Waals surface area contributed by atoms with E-state index in [2.05, 4.69) is 21.4 Å². The third kappa shape index (κ3) is 2.90. The van der Waals surface area contributed by atoms with Crippen LogP contribution >= 0.6 is 0 Å². The number of anilines is 2. The second-order valence-electron chi connectivity index (χ2n) is 5.55. The van der Waals surface area contributed by atoms with Gasteiger partial charge in [0.05, 0.1) is 17.4 Å². The molecule has 0 aliphatic carbocycles. The Morgan fingerprint density at radius 2 is 1.71 bits per heavy atom. The van der Waals surface area contributed by atoms with Gasteiger partial charge in [0, 0.05) is 35.1 Å². The van der Waals surface area contributed by atoms with Gasteiger partial charge in [0.15, 0.2) is 0 Å². The van der Waals surface area contributed by atoms with Crippen LogP contribution in [0.5, 0.6) is 5.75 Å². The molecule has 2 aromatic heterocycles. The van der Waals surface area contributed by atoms with Crippen molar-refractivity contribution in [3.05, 3.63) is 79.3 Å². The number of rotatable bonds is 3. The molecule has 2 N–H and O–H groups in total. The standard InChI is InChI=1S/C20H15N3O/c24-19-10-15(9-18(11-19)23-17-5-3-7-21-13-17)16-8-14-4-1-2-6-20(14)22-12-16/h1-13,23-24H. The van der Waals surface area contributed by atoms with Crippen LogP contribution in [0, 0.1) is 0 Å². The van der Waals surface area contributed by atoms with E-state index in [9.17, 15) is 5.11 Å². The third-order valence-corrected chi connectivity index (χ3v) is 3.79. The molecular weight excluding hydrogens is 298 g/mol. The minimum absolute atomic E-state index is 0.201. The fraction of sp³-hybridized carbons (Fsp3) is 0. The molecule has 0 radical (unpaired) electrons. The average molecular weight is 313 g/mol. The lowest BCUT2D eigenvalue weighted by molar-refractivity contribution is 0.476. The lowest BCUT2D eigenvalue weighted by Gasteiger charge is -2.10. The van der Waals surface area contributed by atoms with Crippen molar-refractivity contribution in [3.8, 4) is 16.9 Å². The fourth-order valence-electron chi connectivity index (χ4n) is 2.68. The molecular formula is C20H15N3O. The highest BCUT2D eigenvalue weighted by Crippen LogP contribution is 2.30. The number of fused-ring (bicyclic) bond motifs is 1. The molecule has 0 amide bonds. The van der Waals surface area contributed by atoms with Crippen LogP contribution in [0.1, 0.15) is 0 Å². The van der Waals surface area contributed by atoms with Crippen molar-refractivity contribution in [2.45, 2.75) is 0 Å². The minimum atomic E-state index is 0.201. The summed E-state index contributed by atoms with van der Waals surface area (Å²) in [6.07, 6.45) is 5.28. The Morgan fingerprint density at radius 1 is 0.792 bits per heavy atom. The van der Waals surface area contributed by atoms with Gasteiger partial charge in [0.1, 0.15) is 5.75 Å². The van der Waals surface area contributed by atoms with Gasteiger partial charge >= 0.3 is 0 Å². The Hall–Kier alpha value is -3.40. The number of nitrogens with zero attached hydrogens (tertiary/aromatic N) is 2. The molecule has 2 heterocycles. The van der Waals surface area contributed by atoms with Crippen LogP contribution in [-0.2, 0) is 0 Å². The second kappa shape index (κ2) is 6.01. The quantitative estimate of drug-likeness (QED) is 0.573. The van der Waals surface area contributed by atoms with E-state index >= 15 is 0 Å². The first kappa shape index (κ1) is 14.2. The summed E-state index contributed by atoms with van der Waals surface area (Å²) in [5, 5.41) is 14.4. The zero-order chi connectivity index (χ0) is 16.4. The van der Waals surface area contributed by atoms with Gasteiger partial charge in [-0.3, -0.25) is 9.97 Å². The van der Waals surface area contributed by atoms with Gasteiger partial charge < -0.3 is 10.4 Å². The van der Waals surface area contributed by atoms with E-state index in [0.29, 0.717) is 0 Å². The van der Waals surface area contributed by atoms with E-state index in [1.54, 1.807) is 24.5 Å². The van der Waals surface area contributed by atoms with E-state index in [1.165, 1.54) is 0 Å². The monoisotopic (exact) mass is 313 g/mol. The molecule has 4 heteroatoms. The molecule has 4 nitrogen and oxygen atoms in total. The lowest BCUT2D eigenvalue weighted by atomic mass is 10.0. The molecule has 0 saturated carbocycles. The molecule has 0 saturated heterocycles. The van der Waals surface area contributed by atoms with E-state index in [4.69, 9.17) is 0 Å². The molecule has 0 unspecified atom stereocenters. The Kier molecular flexibility index (Phi) is 3.56. The number of nitrogens with one attached hydrogen (secondary N) is 1. The summed E-state index contributed by atoms with van der Waals surface area (Å²) in [4.78, 5) is 8.57. The van der Waals surface area contributed by atoms with Crippen molar-refractivity contribution in [2.24, 2.45) is 0 Å². The van der Waals surface area contributed by atoms with E-state index in [1.807, 2.05) is 48.7 Å². The first-order chi connectivity index (χ1) is 11.8. The highest BCUT2D eigenvalue weighted by Gasteiger charge is 2.05. The van der Waals surface area contributed by atoms with Crippen LogP contribution in [0.2, 0.25) is 0 Å². The fourth-order valence-corrected chi connectivity index (χ4v) is 2.68. The average Bonchev–Trinajstić information content (AvgIpc) is 2.62. The van der Waals surface area contributed by atoms with Crippen LogP contribution < -0.4 is 5.32 Å². The van der Waals surface area contributed by atoms with Gasteiger partial charge in [-0.25, -0.2) is 0 Å². The Bertz CT molecular complexity index is 1000. The summed E-state index contributed by atoms with van der Waals surface area (Å²) in [5.74, 6) is 0.201. The molecule has 0 bridgehead atoms. The van der Waals surface area contributed by atoms with E-state index in [-0.39, 0.29) is 5.75 Å². The first-order valence-electron chi connectivity index (χ1n) is 7.64. The van der Waals surface area contributed by atoms with Crippen molar-refractivity contribution < 1.29 is 5.11 Å². The molecule has 0 spiro atoms. The molecule has 0 atom stereocenters. The summed E-state index contributed by atoms with van der Waals surface area (Å²) < 4.78 is 0. The van der Waals surface area contributed by atoms with E-state index in [0.717, 1.165) is 33.4 Å². The first-order valence-corrected chi connectivity index (χ1v) is 7.64. The van der Waals surface area contributed by atoms with Crippen LogP contribution in [0.4, 0.5) is 11.4 Å². The molecule has 24 heavy (non-hydrogen) atoms. The Balaban J connectivity index is 1.74. The maximum absolute atomic E-state index is 10.1. The zero-order valence-electron chi connectivity index (χ0n) is 12.8. The molecule has 0 aliphatic heterocycles. The van der Waals surface area contributed by atoms with Crippen molar-refractivity contribution in [1.29, 1.82) is 0 Å². The summed E-state index contributed by atoms with van der Waals surface area (Å²) in [7, 11) is 0. The van der Waals surface area contributed by atoms with Crippen molar-refractivity contribution >= 4 is 22.3 Å². The van der Waals surface area contributed by atoms with Crippen molar-refractivity contribution in [3.63, 3.8) is 0 Å². The zero-order valence-corrected chi connectivity index (χ0v) is 12.8. The maximum Gasteiger partial charge on any atom is 0.118 e.